The van der Waals surface area contributed by atoms with Crippen LogP contribution in [-0.4, -0.2) is 9.13 Å². The molecule has 0 aliphatic heterocycles. The van der Waals surface area contributed by atoms with E-state index >= 15 is 0 Å². The zero-order valence-electron chi connectivity index (χ0n) is 50.7. The van der Waals surface area contributed by atoms with E-state index in [0.717, 1.165) is 88.4 Å². The topological polar surface area (TPSA) is 36.1 Å². The lowest BCUT2D eigenvalue weighted by Crippen LogP contribution is -1.92. The Kier molecular flexibility index (Phi) is 12.6. The van der Waals surface area contributed by atoms with Crippen molar-refractivity contribution in [2.24, 2.45) is 0 Å². The first kappa shape index (κ1) is 54.0. The summed E-state index contributed by atoms with van der Waals surface area (Å²) in [5.74, 6) is 0. The molecule has 0 saturated carbocycles. The van der Waals surface area contributed by atoms with Crippen LogP contribution in [0.15, 0.2) is 336 Å². The van der Waals surface area contributed by atoms with E-state index < -0.39 is 0 Å². The van der Waals surface area contributed by atoms with E-state index in [1.54, 1.807) is 0 Å². The van der Waals surface area contributed by atoms with Crippen LogP contribution in [0.2, 0.25) is 0 Å². The Labute approximate surface area is 548 Å². The summed E-state index contributed by atoms with van der Waals surface area (Å²) in [5.41, 5.74) is 25.0. The summed E-state index contributed by atoms with van der Waals surface area (Å²) in [5, 5.41) is 9.68. The molecule has 4 nitrogen and oxygen atoms in total. The molecule has 0 amide bonds. The predicted molar refractivity (Wildman–Crippen MR) is 400 cm³/mol. The largest absolute Gasteiger partial charge is 0.454 e. The summed E-state index contributed by atoms with van der Waals surface area (Å²) in [6.45, 7) is 0. The van der Waals surface area contributed by atoms with E-state index in [1.807, 2.05) is 22.7 Å². The Bertz CT molecular complexity index is 6340. The fourth-order valence-corrected chi connectivity index (χ4v) is 17.1. The van der Waals surface area contributed by atoms with Crippen LogP contribution < -0.4 is 0 Å². The molecule has 0 fully saturated rings. The third-order valence-corrected chi connectivity index (χ3v) is 21.3. The van der Waals surface area contributed by atoms with Crippen molar-refractivity contribution in [1.82, 2.24) is 9.13 Å². The van der Waals surface area contributed by atoms with Gasteiger partial charge < -0.3 is 18.0 Å². The molecule has 0 N–H and O–H groups in total. The molecule has 440 valence electrons. The van der Waals surface area contributed by atoms with Gasteiger partial charge in [-0.1, -0.05) is 237 Å². The van der Waals surface area contributed by atoms with Gasteiger partial charge in [0.15, 0.2) is 11.2 Å². The third kappa shape index (κ3) is 8.65. The average molecular weight is 1240 g/mol. The Morgan fingerprint density at radius 1 is 0.234 bits per heavy atom. The molecule has 94 heavy (non-hydrogen) atoms. The van der Waals surface area contributed by atoms with Crippen molar-refractivity contribution in [3.63, 3.8) is 0 Å². The number of aromatic nitrogens is 2. The summed E-state index contributed by atoms with van der Waals surface area (Å²) >= 11 is 3.76. The van der Waals surface area contributed by atoms with Gasteiger partial charge in [0.1, 0.15) is 22.2 Å². The second-order valence-corrected chi connectivity index (χ2v) is 26.2. The first-order chi connectivity index (χ1) is 46.6. The summed E-state index contributed by atoms with van der Waals surface area (Å²) in [7, 11) is 0. The van der Waals surface area contributed by atoms with Crippen LogP contribution in [-0.2, 0) is 0 Å². The molecule has 0 atom stereocenters. The molecule has 6 heteroatoms. The number of hydrogen-bond donors (Lipinski definition) is 0. The Balaban J connectivity index is 0.000000133. The lowest BCUT2D eigenvalue weighted by atomic mass is 9.91. The summed E-state index contributed by atoms with van der Waals surface area (Å²) in [4.78, 5) is 0. The van der Waals surface area contributed by atoms with Crippen molar-refractivity contribution in [1.29, 1.82) is 0 Å². The van der Waals surface area contributed by atoms with Gasteiger partial charge in [0.25, 0.3) is 0 Å². The molecular weight excluding hydrogens is 1180 g/mol. The molecule has 20 aromatic rings. The first-order valence-corrected chi connectivity index (χ1v) is 33.5. The molecule has 6 aromatic heterocycles. The smallest absolute Gasteiger partial charge is 0.161 e. The highest BCUT2D eigenvalue weighted by Gasteiger charge is 2.24. The van der Waals surface area contributed by atoms with Gasteiger partial charge in [0.2, 0.25) is 0 Å². The molecule has 0 saturated heterocycles. The number of thiophene rings is 2. The maximum Gasteiger partial charge on any atom is 0.161 e. The van der Waals surface area contributed by atoms with Crippen LogP contribution in [0.3, 0.4) is 0 Å². The molecule has 0 unspecified atom stereocenters. The lowest BCUT2D eigenvalue weighted by molar-refractivity contribution is 0.672. The molecule has 0 aliphatic rings. The van der Waals surface area contributed by atoms with Crippen LogP contribution in [0.1, 0.15) is 0 Å². The second-order valence-electron chi connectivity index (χ2n) is 24.1. The summed E-state index contributed by atoms with van der Waals surface area (Å²) in [6.07, 6.45) is 0. The number of furan rings is 2. The molecule has 20 rings (SSSR count). The molecule has 0 spiro atoms. The quantitative estimate of drug-likeness (QED) is 0.152. The van der Waals surface area contributed by atoms with Gasteiger partial charge in [-0.3, -0.25) is 0 Å². The van der Waals surface area contributed by atoms with Crippen molar-refractivity contribution in [3.05, 3.63) is 328 Å². The van der Waals surface area contributed by atoms with Gasteiger partial charge >= 0.3 is 0 Å². The summed E-state index contributed by atoms with van der Waals surface area (Å²) in [6, 6.07) is 117. The number of para-hydroxylation sites is 4. The van der Waals surface area contributed by atoms with E-state index in [1.165, 1.54) is 96.0 Å². The van der Waals surface area contributed by atoms with Gasteiger partial charge in [-0.05, 0) is 152 Å². The zero-order valence-corrected chi connectivity index (χ0v) is 52.3. The van der Waals surface area contributed by atoms with Crippen molar-refractivity contribution >= 4 is 129 Å². The fourth-order valence-electron chi connectivity index (χ4n) is 14.6. The SMILES string of the molecule is c1ccc(-c2ccc3sc4c(-c5ccccc5-c5ccc6c(c5)oc5c7ccccc7n(-c7ccccc7)c65)cccc4c3c2)cc1.c1ccc(-c2cccc3c2sc2cccc(-c4ccccc4-c4ccc5c(c4)oc4c6ccccc6n(-c6ccccc6)c54)c23)cc1. The van der Waals surface area contributed by atoms with Crippen molar-refractivity contribution in [3.8, 4) is 78.1 Å². The van der Waals surface area contributed by atoms with Crippen molar-refractivity contribution in [2.75, 3.05) is 0 Å². The summed E-state index contributed by atoms with van der Waals surface area (Å²) < 4.78 is 23.3. The van der Waals surface area contributed by atoms with Crippen LogP contribution in [0.25, 0.3) is 184 Å². The highest BCUT2D eigenvalue weighted by atomic mass is 32.1. The molecule has 6 heterocycles. The van der Waals surface area contributed by atoms with Gasteiger partial charge in [0.05, 0.1) is 11.0 Å². The monoisotopic (exact) mass is 1230 g/mol. The van der Waals surface area contributed by atoms with Crippen molar-refractivity contribution < 1.29 is 8.83 Å². The first-order valence-electron chi connectivity index (χ1n) is 31.9. The Morgan fingerprint density at radius 3 is 1.26 bits per heavy atom. The van der Waals surface area contributed by atoms with Crippen LogP contribution >= 0.6 is 22.7 Å². The van der Waals surface area contributed by atoms with Gasteiger partial charge in [-0.25, -0.2) is 0 Å². The maximum atomic E-state index is 6.73. The normalized spacial score (nSPS) is 11.8. The number of nitrogens with zero attached hydrogens (tertiary/aromatic N) is 2. The number of benzene rings is 14. The number of fused-ring (bicyclic) bond motifs is 16. The third-order valence-electron chi connectivity index (χ3n) is 18.9. The van der Waals surface area contributed by atoms with Gasteiger partial charge in [-0.15, -0.1) is 22.7 Å². The van der Waals surface area contributed by atoms with Crippen LogP contribution in [0.4, 0.5) is 0 Å². The minimum absolute atomic E-state index is 0.893. The minimum atomic E-state index is 0.893. The van der Waals surface area contributed by atoms with Gasteiger partial charge in [-0.2, -0.15) is 0 Å². The Hall–Kier alpha value is -11.8. The van der Waals surface area contributed by atoms with Crippen molar-refractivity contribution in [2.45, 2.75) is 0 Å². The van der Waals surface area contributed by atoms with E-state index in [4.69, 9.17) is 8.83 Å². The minimum Gasteiger partial charge on any atom is -0.454 e. The van der Waals surface area contributed by atoms with Crippen LogP contribution in [0.5, 0.6) is 0 Å². The molecule has 14 aromatic carbocycles. The highest BCUT2D eigenvalue weighted by molar-refractivity contribution is 7.26. The second kappa shape index (κ2) is 22.0. The molecule has 0 aliphatic carbocycles. The van der Waals surface area contributed by atoms with E-state index in [9.17, 15) is 0 Å². The average Bonchev–Trinajstić information content (AvgIpc) is 1.57. The standard InChI is InChI=1S/2C44H27NOS/c1-3-13-28(14-4-1)32-20-11-22-37-41-34(21-12-24-40(41)47-44(32)37)33-18-8-7-17-31(33)29-25-26-36-39(27-29)46-43-35-19-9-10-23-38(35)45(42(36)43)30-15-5-2-6-16-30;1-3-12-28(13-4-1)29-23-25-41-38(26-29)35-20-11-19-34(44(35)47-41)33-17-8-7-16-32(33)30-22-24-37-40(27-30)46-43-36-18-9-10-21-39(36)45(42(37)43)31-14-5-2-6-15-31/h2*1-27H. The molecule has 0 radical (unpaired) electrons. The van der Waals surface area contributed by atoms with E-state index in [0.29, 0.717) is 0 Å². The number of rotatable bonds is 8. The maximum absolute atomic E-state index is 6.73. The Morgan fingerprint density at radius 2 is 0.660 bits per heavy atom. The molecular formula is C88H54N2O2S2. The lowest BCUT2D eigenvalue weighted by Gasteiger charge is -2.12. The number of hydrogen-bond acceptors (Lipinski definition) is 4. The fraction of sp³-hybridized carbons (Fsp3) is 0. The van der Waals surface area contributed by atoms with E-state index in [-0.39, 0.29) is 0 Å². The predicted octanol–water partition coefficient (Wildman–Crippen LogP) is 25.8. The van der Waals surface area contributed by atoms with Gasteiger partial charge in [0, 0.05) is 78.8 Å². The zero-order chi connectivity index (χ0) is 61.8. The highest BCUT2D eigenvalue weighted by Crippen LogP contribution is 2.49. The molecule has 0 bridgehead atoms. The van der Waals surface area contributed by atoms with E-state index in [2.05, 4.69) is 337 Å². The van der Waals surface area contributed by atoms with Crippen LogP contribution in [0, 0.1) is 0 Å².